The smallest absolute Gasteiger partial charge is 0.194 e. The summed E-state index contributed by atoms with van der Waals surface area (Å²) in [6, 6.07) is 2.13. The highest BCUT2D eigenvalue weighted by Gasteiger charge is 2.09. The van der Waals surface area contributed by atoms with E-state index < -0.39 is 0 Å². The molecule has 0 aromatic carbocycles. The van der Waals surface area contributed by atoms with Gasteiger partial charge in [-0.2, -0.15) is 0 Å². The van der Waals surface area contributed by atoms with Gasteiger partial charge in [0.1, 0.15) is 0 Å². The topological polar surface area (TPSA) is 41.8 Å². The summed E-state index contributed by atoms with van der Waals surface area (Å²) in [5, 5.41) is 3.33. The van der Waals surface area contributed by atoms with Gasteiger partial charge in [0.15, 0.2) is 5.96 Å². The van der Waals surface area contributed by atoms with Crippen molar-refractivity contribution in [3.8, 4) is 0 Å². The number of hydrogen-bond donors (Lipinski definition) is 1. The molecular weight excluding hydrogens is 344 g/mol. The highest BCUT2D eigenvalue weighted by Crippen LogP contribution is 2.14. The Bertz CT molecular complexity index is 459. The van der Waals surface area contributed by atoms with Gasteiger partial charge < -0.3 is 19.5 Å². The van der Waals surface area contributed by atoms with Crippen LogP contribution in [0.4, 0.5) is 0 Å². The number of ether oxygens (including phenoxy) is 1. The number of aliphatic imine (C=N–C) groups is 1. The van der Waals surface area contributed by atoms with Crippen molar-refractivity contribution in [2.75, 3.05) is 33.4 Å². The summed E-state index contributed by atoms with van der Waals surface area (Å²) in [7, 11) is 4.11. The van der Waals surface area contributed by atoms with Gasteiger partial charge in [-0.15, -0.1) is 0 Å². The van der Waals surface area contributed by atoms with Crippen LogP contribution >= 0.6 is 15.9 Å². The van der Waals surface area contributed by atoms with Gasteiger partial charge >= 0.3 is 0 Å². The summed E-state index contributed by atoms with van der Waals surface area (Å²) in [6.07, 6.45) is 4.35. The molecular formula is C16H29BrN4O. The lowest BCUT2D eigenvalue weighted by Crippen LogP contribution is -2.39. The zero-order chi connectivity index (χ0) is 16.4. The van der Waals surface area contributed by atoms with Crippen molar-refractivity contribution < 1.29 is 4.74 Å². The average Bonchev–Trinajstić information content (AvgIpc) is 2.79. The molecule has 0 radical (unpaired) electrons. The van der Waals surface area contributed by atoms with E-state index in [0.717, 1.165) is 36.5 Å². The molecule has 0 atom stereocenters. The number of aryl methyl sites for hydroxylation is 1. The third-order valence-corrected chi connectivity index (χ3v) is 3.74. The minimum absolute atomic E-state index is 0.679. The molecule has 5 nitrogen and oxygen atoms in total. The van der Waals surface area contributed by atoms with Crippen molar-refractivity contribution in [3.05, 3.63) is 22.4 Å². The van der Waals surface area contributed by atoms with Crippen LogP contribution in [0.1, 0.15) is 32.4 Å². The fourth-order valence-electron chi connectivity index (χ4n) is 2.08. The molecule has 0 amide bonds. The molecule has 0 spiro atoms. The normalized spacial score (nSPS) is 11.8. The third kappa shape index (κ3) is 6.83. The summed E-state index contributed by atoms with van der Waals surface area (Å²) in [5.74, 6) is 0.916. The van der Waals surface area contributed by atoms with E-state index in [4.69, 9.17) is 4.74 Å². The van der Waals surface area contributed by atoms with Crippen LogP contribution in [-0.4, -0.2) is 48.8 Å². The van der Waals surface area contributed by atoms with Crippen molar-refractivity contribution in [3.63, 3.8) is 0 Å². The second-order valence-corrected chi connectivity index (χ2v) is 6.23. The summed E-state index contributed by atoms with van der Waals surface area (Å²) >= 11 is 3.51. The first-order chi connectivity index (χ1) is 10.6. The molecule has 0 aliphatic heterocycles. The van der Waals surface area contributed by atoms with Crippen LogP contribution in [-0.2, 0) is 18.3 Å². The Morgan fingerprint density at radius 2 is 2.18 bits per heavy atom. The number of rotatable bonds is 9. The average molecular weight is 373 g/mol. The van der Waals surface area contributed by atoms with Gasteiger partial charge in [-0.3, -0.25) is 4.99 Å². The van der Waals surface area contributed by atoms with E-state index >= 15 is 0 Å². The van der Waals surface area contributed by atoms with Crippen LogP contribution in [0.5, 0.6) is 0 Å². The van der Waals surface area contributed by atoms with Crippen molar-refractivity contribution in [1.29, 1.82) is 0 Å². The number of halogens is 1. The number of nitrogens with zero attached hydrogens (tertiary/aromatic N) is 3. The van der Waals surface area contributed by atoms with Crippen LogP contribution in [0.15, 0.2) is 21.7 Å². The standard InChI is InChI=1S/C16H29BrN4O/c1-5-7-9-22-10-8-19-16(18-6-2)21(4)13-15-11-14(17)12-20(15)3/h11-12H,5-10,13H2,1-4H3,(H,18,19). The monoisotopic (exact) mass is 372 g/mol. The Morgan fingerprint density at radius 1 is 1.41 bits per heavy atom. The van der Waals surface area contributed by atoms with Crippen LogP contribution in [0, 0.1) is 0 Å². The quantitative estimate of drug-likeness (QED) is 0.411. The second-order valence-electron chi connectivity index (χ2n) is 5.32. The molecule has 0 fully saturated rings. The van der Waals surface area contributed by atoms with E-state index in [-0.39, 0.29) is 0 Å². The molecule has 1 N–H and O–H groups in total. The van der Waals surface area contributed by atoms with E-state index in [1.807, 2.05) is 0 Å². The lowest BCUT2D eigenvalue weighted by Gasteiger charge is -2.22. The highest BCUT2D eigenvalue weighted by molar-refractivity contribution is 9.10. The molecule has 0 aliphatic carbocycles. The van der Waals surface area contributed by atoms with E-state index in [1.165, 1.54) is 12.1 Å². The molecule has 126 valence electrons. The summed E-state index contributed by atoms with van der Waals surface area (Å²) in [6.45, 7) is 8.12. The van der Waals surface area contributed by atoms with Gasteiger partial charge in [-0.1, -0.05) is 13.3 Å². The van der Waals surface area contributed by atoms with Gasteiger partial charge in [0.05, 0.1) is 19.7 Å². The molecule has 1 rings (SSSR count). The lowest BCUT2D eigenvalue weighted by atomic mass is 10.4. The summed E-state index contributed by atoms with van der Waals surface area (Å²) in [4.78, 5) is 6.77. The van der Waals surface area contributed by atoms with Crippen molar-refractivity contribution in [1.82, 2.24) is 14.8 Å². The maximum absolute atomic E-state index is 5.56. The van der Waals surface area contributed by atoms with Gasteiger partial charge in [0.25, 0.3) is 0 Å². The predicted octanol–water partition coefficient (Wildman–Crippen LogP) is 3.00. The van der Waals surface area contributed by atoms with Gasteiger partial charge in [0.2, 0.25) is 0 Å². The molecule has 0 saturated heterocycles. The maximum atomic E-state index is 5.56. The van der Waals surface area contributed by atoms with Crippen LogP contribution < -0.4 is 5.32 Å². The molecule has 0 saturated carbocycles. The first-order valence-electron chi connectivity index (χ1n) is 7.96. The number of guanidine groups is 1. The van der Waals surface area contributed by atoms with E-state index in [2.05, 4.69) is 75.9 Å². The molecule has 22 heavy (non-hydrogen) atoms. The van der Waals surface area contributed by atoms with Gasteiger partial charge in [0, 0.05) is 43.6 Å². The Balaban J connectivity index is 2.51. The predicted molar refractivity (Wildman–Crippen MR) is 96.3 cm³/mol. The van der Waals surface area contributed by atoms with Crippen molar-refractivity contribution in [2.24, 2.45) is 12.0 Å². The summed E-state index contributed by atoms with van der Waals surface area (Å²) in [5.41, 5.74) is 1.24. The molecule has 6 heteroatoms. The highest BCUT2D eigenvalue weighted by atomic mass is 79.9. The van der Waals surface area contributed by atoms with Crippen LogP contribution in [0.2, 0.25) is 0 Å². The molecule has 0 unspecified atom stereocenters. The van der Waals surface area contributed by atoms with Gasteiger partial charge in [-0.25, -0.2) is 0 Å². The number of hydrogen-bond acceptors (Lipinski definition) is 2. The Hall–Kier alpha value is -1.01. The van der Waals surface area contributed by atoms with Crippen molar-refractivity contribution >= 4 is 21.9 Å². The van der Waals surface area contributed by atoms with Crippen molar-refractivity contribution in [2.45, 2.75) is 33.2 Å². The van der Waals surface area contributed by atoms with E-state index in [1.54, 1.807) is 0 Å². The Labute approximate surface area is 142 Å². The first kappa shape index (κ1) is 19.0. The molecule has 1 heterocycles. The number of nitrogens with one attached hydrogen (secondary N) is 1. The number of aromatic nitrogens is 1. The van der Waals surface area contributed by atoms with E-state index in [9.17, 15) is 0 Å². The first-order valence-corrected chi connectivity index (χ1v) is 8.75. The Kier molecular flexibility index (Phi) is 9.24. The lowest BCUT2D eigenvalue weighted by molar-refractivity contribution is 0.138. The fraction of sp³-hybridized carbons (Fsp3) is 0.688. The van der Waals surface area contributed by atoms with Crippen LogP contribution in [0.25, 0.3) is 0 Å². The SMILES string of the molecule is CCCCOCCN=C(NCC)N(C)Cc1cc(Br)cn1C. The summed E-state index contributed by atoms with van der Waals surface area (Å²) < 4.78 is 8.78. The molecule has 0 aliphatic rings. The third-order valence-electron chi connectivity index (χ3n) is 3.31. The minimum atomic E-state index is 0.679. The minimum Gasteiger partial charge on any atom is -0.380 e. The second kappa shape index (κ2) is 10.7. The Morgan fingerprint density at radius 3 is 2.77 bits per heavy atom. The zero-order valence-corrected chi connectivity index (χ0v) is 15.8. The molecule has 0 bridgehead atoms. The molecule has 1 aromatic rings. The number of unbranched alkanes of at least 4 members (excludes halogenated alkanes) is 1. The fourth-order valence-corrected chi connectivity index (χ4v) is 2.65. The molecule has 1 aromatic heterocycles. The van der Waals surface area contributed by atoms with Gasteiger partial charge in [-0.05, 0) is 35.3 Å². The van der Waals surface area contributed by atoms with E-state index in [0.29, 0.717) is 13.2 Å². The van der Waals surface area contributed by atoms with Crippen LogP contribution in [0.3, 0.4) is 0 Å². The zero-order valence-electron chi connectivity index (χ0n) is 14.2. The largest absolute Gasteiger partial charge is 0.380 e. The maximum Gasteiger partial charge on any atom is 0.194 e.